The molecule has 6 heteroatoms. The van der Waals surface area contributed by atoms with E-state index in [0.717, 1.165) is 19.3 Å². The predicted molar refractivity (Wildman–Crippen MR) is 61.6 cm³/mol. The number of carbonyl (C=O) groups is 2. The van der Waals surface area contributed by atoms with Crippen molar-refractivity contribution in [2.45, 2.75) is 45.2 Å². The molecule has 0 bridgehead atoms. The highest BCUT2D eigenvalue weighted by atomic mass is 16.4. The molecule has 0 saturated heterocycles. The number of carboxylic acids is 1. The zero-order chi connectivity index (χ0) is 13.1. The molecule has 1 fully saturated rings. The standard InChI is InChI=1S/C11H20N2O4/c1-11(2)5-3-4-8(11)13-10(17)12-7(6-14)9(15)16/h7-8,14H,3-6H2,1-2H3,(H,15,16)(H2,12,13,17)/t7-,8?/m1/s1. The van der Waals surface area contributed by atoms with Crippen LogP contribution in [-0.4, -0.2) is 40.9 Å². The Morgan fingerprint density at radius 2 is 2.12 bits per heavy atom. The van der Waals surface area contributed by atoms with E-state index < -0.39 is 24.6 Å². The molecule has 1 rings (SSSR count). The van der Waals surface area contributed by atoms with Gasteiger partial charge in [-0.05, 0) is 18.3 Å². The van der Waals surface area contributed by atoms with E-state index in [0.29, 0.717) is 0 Å². The van der Waals surface area contributed by atoms with Crippen molar-refractivity contribution in [2.24, 2.45) is 5.41 Å². The molecule has 4 N–H and O–H groups in total. The summed E-state index contributed by atoms with van der Waals surface area (Å²) in [5, 5.41) is 22.5. The van der Waals surface area contributed by atoms with E-state index in [4.69, 9.17) is 10.2 Å². The van der Waals surface area contributed by atoms with E-state index in [9.17, 15) is 9.59 Å². The van der Waals surface area contributed by atoms with Gasteiger partial charge in [-0.1, -0.05) is 20.3 Å². The third-order valence-corrected chi connectivity index (χ3v) is 3.35. The first-order valence-corrected chi connectivity index (χ1v) is 5.77. The molecule has 1 aliphatic rings. The predicted octanol–water partition coefficient (Wildman–Crippen LogP) is 0.310. The molecule has 17 heavy (non-hydrogen) atoms. The van der Waals surface area contributed by atoms with Crippen molar-refractivity contribution in [1.82, 2.24) is 10.6 Å². The molecule has 0 radical (unpaired) electrons. The molecule has 1 saturated carbocycles. The average molecular weight is 244 g/mol. The number of aliphatic carboxylic acids is 1. The number of aliphatic hydroxyl groups is 1. The zero-order valence-electron chi connectivity index (χ0n) is 10.2. The lowest BCUT2D eigenvalue weighted by Gasteiger charge is -2.28. The number of aliphatic hydroxyl groups excluding tert-OH is 1. The summed E-state index contributed by atoms with van der Waals surface area (Å²) in [5.41, 5.74) is 0.0370. The average Bonchev–Trinajstić information content (AvgIpc) is 2.54. The number of carbonyl (C=O) groups excluding carboxylic acids is 1. The largest absolute Gasteiger partial charge is 0.480 e. The fraction of sp³-hybridized carbons (Fsp3) is 0.818. The Morgan fingerprint density at radius 3 is 2.53 bits per heavy atom. The zero-order valence-corrected chi connectivity index (χ0v) is 10.2. The fourth-order valence-corrected chi connectivity index (χ4v) is 2.14. The van der Waals surface area contributed by atoms with Gasteiger partial charge in [-0.3, -0.25) is 0 Å². The van der Waals surface area contributed by atoms with Gasteiger partial charge >= 0.3 is 12.0 Å². The molecule has 0 aromatic heterocycles. The highest BCUT2D eigenvalue weighted by Gasteiger charge is 2.35. The summed E-state index contributed by atoms with van der Waals surface area (Å²) in [5.74, 6) is -1.24. The maximum Gasteiger partial charge on any atom is 0.328 e. The quantitative estimate of drug-likeness (QED) is 0.572. The molecular formula is C11H20N2O4. The van der Waals surface area contributed by atoms with Gasteiger partial charge in [0.1, 0.15) is 0 Å². The van der Waals surface area contributed by atoms with Crippen LogP contribution in [0.25, 0.3) is 0 Å². The van der Waals surface area contributed by atoms with Gasteiger partial charge in [0, 0.05) is 6.04 Å². The van der Waals surface area contributed by atoms with Crippen molar-refractivity contribution in [2.75, 3.05) is 6.61 Å². The van der Waals surface area contributed by atoms with Crippen molar-refractivity contribution in [3.05, 3.63) is 0 Å². The maximum absolute atomic E-state index is 11.6. The maximum atomic E-state index is 11.6. The van der Waals surface area contributed by atoms with Crippen LogP contribution >= 0.6 is 0 Å². The number of hydrogen-bond acceptors (Lipinski definition) is 3. The summed E-state index contributed by atoms with van der Waals surface area (Å²) >= 11 is 0. The first-order valence-electron chi connectivity index (χ1n) is 5.77. The monoisotopic (exact) mass is 244 g/mol. The van der Waals surface area contributed by atoms with Crippen LogP contribution in [0, 0.1) is 5.41 Å². The highest BCUT2D eigenvalue weighted by Crippen LogP contribution is 2.36. The summed E-state index contributed by atoms with van der Waals surface area (Å²) in [6, 6.07) is -1.73. The van der Waals surface area contributed by atoms with E-state index in [1.54, 1.807) is 0 Å². The molecule has 0 spiro atoms. The van der Waals surface area contributed by atoms with Crippen LogP contribution in [0.5, 0.6) is 0 Å². The third-order valence-electron chi connectivity index (χ3n) is 3.35. The van der Waals surface area contributed by atoms with Crippen molar-refractivity contribution in [3.63, 3.8) is 0 Å². The van der Waals surface area contributed by atoms with E-state index in [-0.39, 0.29) is 11.5 Å². The van der Waals surface area contributed by atoms with Gasteiger partial charge in [0.15, 0.2) is 6.04 Å². The molecule has 0 aliphatic heterocycles. The SMILES string of the molecule is CC1(C)CCCC1NC(=O)N[C@H](CO)C(=O)O. The van der Waals surface area contributed by atoms with Crippen molar-refractivity contribution < 1.29 is 19.8 Å². The second-order valence-corrected chi connectivity index (χ2v) is 5.12. The minimum atomic E-state index is -1.25. The van der Waals surface area contributed by atoms with Crippen molar-refractivity contribution >= 4 is 12.0 Å². The normalized spacial score (nSPS) is 24.1. The number of amides is 2. The Balaban J connectivity index is 2.47. The minimum Gasteiger partial charge on any atom is -0.480 e. The lowest BCUT2D eigenvalue weighted by Crippen LogP contribution is -2.52. The molecule has 2 amide bonds. The topological polar surface area (TPSA) is 98.7 Å². The van der Waals surface area contributed by atoms with Gasteiger partial charge in [0.2, 0.25) is 0 Å². The van der Waals surface area contributed by atoms with Crippen molar-refractivity contribution in [1.29, 1.82) is 0 Å². The Bertz CT molecular complexity index is 304. The number of hydrogen-bond donors (Lipinski definition) is 4. The Labute approximate surface area is 100 Å². The van der Waals surface area contributed by atoms with Gasteiger partial charge in [-0.2, -0.15) is 0 Å². The van der Waals surface area contributed by atoms with Crippen LogP contribution in [0.4, 0.5) is 4.79 Å². The molecule has 0 aromatic carbocycles. The van der Waals surface area contributed by atoms with Crippen molar-refractivity contribution in [3.8, 4) is 0 Å². The summed E-state index contributed by atoms with van der Waals surface area (Å²) in [7, 11) is 0. The number of urea groups is 1. The summed E-state index contributed by atoms with van der Waals surface area (Å²) in [6.45, 7) is 3.54. The molecule has 2 atom stereocenters. The number of carboxylic acid groups (broad SMARTS) is 1. The fourth-order valence-electron chi connectivity index (χ4n) is 2.14. The number of nitrogens with one attached hydrogen (secondary N) is 2. The van der Waals surface area contributed by atoms with Gasteiger partial charge in [0.25, 0.3) is 0 Å². The van der Waals surface area contributed by atoms with E-state index in [1.807, 2.05) is 0 Å². The Hall–Kier alpha value is -1.30. The van der Waals surface area contributed by atoms with Crippen LogP contribution < -0.4 is 10.6 Å². The highest BCUT2D eigenvalue weighted by molar-refractivity contribution is 5.82. The molecule has 0 aromatic rings. The van der Waals surface area contributed by atoms with Crippen LogP contribution in [-0.2, 0) is 4.79 Å². The van der Waals surface area contributed by atoms with Crippen LogP contribution in [0.3, 0.4) is 0 Å². The summed E-state index contributed by atoms with van der Waals surface area (Å²) < 4.78 is 0. The lowest BCUT2D eigenvalue weighted by atomic mass is 9.87. The second-order valence-electron chi connectivity index (χ2n) is 5.12. The molecule has 6 nitrogen and oxygen atoms in total. The van der Waals surface area contributed by atoms with Gasteiger partial charge in [-0.25, -0.2) is 9.59 Å². The molecule has 0 heterocycles. The van der Waals surface area contributed by atoms with Crippen LogP contribution in [0.15, 0.2) is 0 Å². The molecule has 1 aliphatic carbocycles. The molecule has 98 valence electrons. The van der Waals surface area contributed by atoms with Crippen LogP contribution in [0.2, 0.25) is 0 Å². The third kappa shape index (κ3) is 3.59. The van der Waals surface area contributed by atoms with Gasteiger partial charge in [0.05, 0.1) is 6.61 Å². The number of rotatable bonds is 4. The first kappa shape index (κ1) is 13.8. The summed E-state index contributed by atoms with van der Waals surface area (Å²) in [6.07, 6.45) is 3.00. The summed E-state index contributed by atoms with van der Waals surface area (Å²) in [4.78, 5) is 22.2. The van der Waals surface area contributed by atoms with Crippen LogP contribution in [0.1, 0.15) is 33.1 Å². The molecule has 1 unspecified atom stereocenters. The molecular weight excluding hydrogens is 224 g/mol. The lowest BCUT2D eigenvalue weighted by molar-refractivity contribution is -0.140. The van der Waals surface area contributed by atoms with E-state index in [1.165, 1.54) is 0 Å². The minimum absolute atomic E-state index is 0.0370. The first-order chi connectivity index (χ1) is 7.86. The van der Waals surface area contributed by atoms with Gasteiger partial charge in [-0.15, -0.1) is 0 Å². The van der Waals surface area contributed by atoms with E-state index >= 15 is 0 Å². The Morgan fingerprint density at radius 1 is 1.47 bits per heavy atom. The van der Waals surface area contributed by atoms with Gasteiger partial charge < -0.3 is 20.8 Å². The second kappa shape index (κ2) is 5.35. The Kier molecular flexibility index (Phi) is 4.34. The van der Waals surface area contributed by atoms with E-state index in [2.05, 4.69) is 24.5 Å². The smallest absolute Gasteiger partial charge is 0.328 e.